The lowest BCUT2D eigenvalue weighted by Crippen LogP contribution is -2.44. The number of rotatable bonds is 6. The van der Waals surface area contributed by atoms with Crippen molar-refractivity contribution < 1.29 is 18.8 Å². The minimum absolute atomic E-state index is 0.103. The second kappa shape index (κ2) is 9.01. The molecule has 0 spiro atoms. The van der Waals surface area contributed by atoms with Gasteiger partial charge in [-0.15, -0.1) is 0 Å². The molecule has 2 heterocycles. The molecule has 9 nitrogen and oxygen atoms in total. The maximum absolute atomic E-state index is 12.7. The molecule has 1 fully saturated rings. The van der Waals surface area contributed by atoms with E-state index in [-0.39, 0.29) is 18.6 Å². The first-order valence-corrected chi connectivity index (χ1v) is 8.94. The van der Waals surface area contributed by atoms with Gasteiger partial charge in [0.15, 0.2) is 5.82 Å². The molecule has 2 N–H and O–H groups in total. The molecule has 1 aliphatic heterocycles. The fraction of sp³-hybridized carbons (Fsp3) is 0.368. The highest BCUT2D eigenvalue weighted by Gasteiger charge is 2.25. The number of nitrogens with zero attached hydrogens (tertiary/aromatic N) is 3. The first-order chi connectivity index (χ1) is 13.5. The number of urea groups is 1. The lowest BCUT2D eigenvalue weighted by Gasteiger charge is -2.25. The van der Waals surface area contributed by atoms with E-state index in [0.717, 1.165) is 12.8 Å². The monoisotopic (exact) mass is 383 g/mol. The molecule has 0 bridgehead atoms. The summed E-state index contributed by atoms with van der Waals surface area (Å²) in [5.41, 5.74) is 1.03. The maximum atomic E-state index is 12.7. The Morgan fingerprint density at radius 1 is 1.32 bits per heavy atom. The summed E-state index contributed by atoms with van der Waals surface area (Å²) < 4.78 is 10.5. The van der Waals surface area contributed by atoms with E-state index in [1.165, 1.54) is 4.90 Å². The highest BCUT2D eigenvalue weighted by Crippen LogP contribution is 2.15. The molecular formula is C19H21N5O4. The lowest BCUT2D eigenvalue weighted by molar-refractivity contribution is -0.117. The van der Waals surface area contributed by atoms with Crippen molar-refractivity contribution >= 4 is 23.4 Å². The first-order valence-electron chi connectivity index (χ1n) is 8.94. The zero-order chi connectivity index (χ0) is 19.9. The van der Waals surface area contributed by atoms with Crippen LogP contribution in [-0.2, 0) is 9.53 Å². The number of hydrogen-bond acceptors (Lipinski definition) is 6. The highest BCUT2D eigenvalue weighted by molar-refractivity contribution is 5.96. The molecule has 0 aliphatic carbocycles. The molecule has 9 heteroatoms. The molecule has 0 radical (unpaired) electrons. The van der Waals surface area contributed by atoms with E-state index < -0.39 is 6.03 Å². The number of nitrogens with one attached hydrogen (secondary N) is 2. The molecule has 0 saturated carbocycles. The second-order valence-electron chi connectivity index (χ2n) is 6.51. The van der Waals surface area contributed by atoms with Crippen LogP contribution in [0.1, 0.15) is 24.2 Å². The molecule has 1 aliphatic rings. The Bertz CT molecular complexity index is 865. The topological polar surface area (TPSA) is 120 Å². The van der Waals surface area contributed by atoms with Crippen LogP contribution in [0, 0.1) is 18.3 Å². The number of carbonyl (C=O) groups is 2. The number of nitriles is 1. The van der Waals surface area contributed by atoms with Crippen molar-refractivity contribution in [2.45, 2.75) is 25.9 Å². The van der Waals surface area contributed by atoms with Gasteiger partial charge in [-0.1, -0.05) is 5.16 Å². The number of amides is 3. The summed E-state index contributed by atoms with van der Waals surface area (Å²) in [6, 6.07) is 9.69. The van der Waals surface area contributed by atoms with Gasteiger partial charge in [0.1, 0.15) is 12.3 Å². The minimum atomic E-state index is -0.424. The van der Waals surface area contributed by atoms with Gasteiger partial charge in [0.05, 0.1) is 17.7 Å². The van der Waals surface area contributed by atoms with Crippen LogP contribution in [0.25, 0.3) is 0 Å². The van der Waals surface area contributed by atoms with Gasteiger partial charge >= 0.3 is 6.03 Å². The fourth-order valence-electron chi connectivity index (χ4n) is 2.87. The van der Waals surface area contributed by atoms with Crippen molar-refractivity contribution in [1.82, 2.24) is 10.1 Å². The summed E-state index contributed by atoms with van der Waals surface area (Å²) >= 11 is 0. The van der Waals surface area contributed by atoms with Crippen molar-refractivity contribution in [1.29, 1.82) is 5.26 Å². The molecule has 1 unspecified atom stereocenters. The third-order valence-corrected chi connectivity index (χ3v) is 4.23. The average molecular weight is 383 g/mol. The van der Waals surface area contributed by atoms with Gasteiger partial charge in [0.2, 0.25) is 5.91 Å². The highest BCUT2D eigenvalue weighted by atomic mass is 16.5. The van der Waals surface area contributed by atoms with Crippen LogP contribution < -0.4 is 10.6 Å². The van der Waals surface area contributed by atoms with Gasteiger partial charge in [-0.25, -0.2) is 4.79 Å². The van der Waals surface area contributed by atoms with Gasteiger partial charge in [0.25, 0.3) is 0 Å². The number of carbonyl (C=O) groups excluding carboxylic acids is 2. The summed E-state index contributed by atoms with van der Waals surface area (Å²) in [4.78, 5) is 26.5. The average Bonchev–Trinajstić information content (AvgIpc) is 3.33. The SMILES string of the molecule is Cc1cc(NC(=O)CN(CC2CCCO2)C(=O)Nc2ccc(C#N)cc2)no1. The third kappa shape index (κ3) is 5.31. The number of aromatic nitrogens is 1. The molecule has 1 aromatic heterocycles. The van der Waals surface area contributed by atoms with Gasteiger partial charge < -0.3 is 24.8 Å². The second-order valence-corrected chi connectivity index (χ2v) is 6.51. The van der Waals surface area contributed by atoms with Crippen molar-refractivity contribution in [2.24, 2.45) is 0 Å². The van der Waals surface area contributed by atoms with Crippen molar-refractivity contribution in [2.75, 3.05) is 30.3 Å². The van der Waals surface area contributed by atoms with Gasteiger partial charge in [-0.2, -0.15) is 5.26 Å². The number of benzene rings is 1. The van der Waals surface area contributed by atoms with E-state index in [1.54, 1.807) is 37.3 Å². The summed E-state index contributed by atoms with van der Waals surface area (Å²) in [5.74, 6) is 0.485. The van der Waals surface area contributed by atoms with Crippen LogP contribution in [0.2, 0.25) is 0 Å². The Morgan fingerprint density at radius 2 is 2.11 bits per heavy atom. The predicted octanol–water partition coefficient (Wildman–Crippen LogP) is 2.51. The Balaban J connectivity index is 1.65. The quantitative estimate of drug-likeness (QED) is 0.791. The Hall–Kier alpha value is -3.38. The number of anilines is 2. The van der Waals surface area contributed by atoms with Crippen LogP contribution in [0.5, 0.6) is 0 Å². The van der Waals surface area contributed by atoms with Gasteiger partial charge in [0, 0.05) is 24.9 Å². The molecule has 146 valence electrons. The van der Waals surface area contributed by atoms with Crippen LogP contribution in [0.15, 0.2) is 34.9 Å². The third-order valence-electron chi connectivity index (χ3n) is 4.23. The standard InChI is InChI=1S/C19H21N5O4/c1-13-9-17(23-28-13)22-18(25)12-24(11-16-3-2-8-27-16)19(26)21-15-6-4-14(10-20)5-7-15/h4-7,9,16H,2-3,8,11-12H2,1H3,(H,21,26)(H,22,23,25). The molecule has 3 amide bonds. The minimum Gasteiger partial charge on any atom is -0.376 e. The fourth-order valence-corrected chi connectivity index (χ4v) is 2.87. The zero-order valence-corrected chi connectivity index (χ0v) is 15.5. The molecular weight excluding hydrogens is 362 g/mol. The number of aryl methyl sites for hydroxylation is 1. The maximum Gasteiger partial charge on any atom is 0.322 e. The van der Waals surface area contributed by atoms with E-state index >= 15 is 0 Å². The van der Waals surface area contributed by atoms with Crippen molar-refractivity contribution in [3.05, 3.63) is 41.7 Å². The lowest BCUT2D eigenvalue weighted by atomic mass is 10.2. The molecule has 28 heavy (non-hydrogen) atoms. The smallest absolute Gasteiger partial charge is 0.322 e. The van der Waals surface area contributed by atoms with Crippen LogP contribution in [-0.4, -0.2) is 47.8 Å². The van der Waals surface area contributed by atoms with Gasteiger partial charge in [-0.3, -0.25) is 4.79 Å². The first kappa shape index (κ1) is 19.4. The number of ether oxygens (including phenoxy) is 1. The van der Waals surface area contributed by atoms with E-state index in [4.69, 9.17) is 14.5 Å². The largest absolute Gasteiger partial charge is 0.376 e. The Morgan fingerprint density at radius 3 is 2.71 bits per heavy atom. The van der Waals surface area contributed by atoms with Crippen molar-refractivity contribution in [3.63, 3.8) is 0 Å². The summed E-state index contributed by atoms with van der Waals surface area (Å²) in [7, 11) is 0. The normalized spacial score (nSPS) is 15.6. The van der Waals surface area contributed by atoms with Crippen molar-refractivity contribution in [3.8, 4) is 6.07 Å². The molecule has 3 rings (SSSR count). The summed E-state index contributed by atoms with van der Waals surface area (Å²) in [6.45, 7) is 2.51. The summed E-state index contributed by atoms with van der Waals surface area (Å²) in [5, 5.41) is 17.9. The van der Waals surface area contributed by atoms with Gasteiger partial charge in [-0.05, 0) is 44.0 Å². The number of hydrogen-bond donors (Lipinski definition) is 2. The van der Waals surface area contributed by atoms with E-state index in [1.807, 2.05) is 6.07 Å². The van der Waals surface area contributed by atoms with E-state index in [2.05, 4.69) is 15.8 Å². The zero-order valence-electron chi connectivity index (χ0n) is 15.5. The van der Waals surface area contributed by atoms with Crippen LogP contribution >= 0.6 is 0 Å². The van der Waals surface area contributed by atoms with E-state index in [9.17, 15) is 9.59 Å². The Kier molecular flexibility index (Phi) is 6.24. The molecule has 1 aromatic carbocycles. The molecule has 2 aromatic rings. The van der Waals surface area contributed by atoms with Crippen LogP contribution in [0.4, 0.5) is 16.3 Å². The van der Waals surface area contributed by atoms with E-state index in [0.29, 0.717) is 36.0 Å². The predicted molar refractivity (Wildman–Crippen MR) is 101 cm³/mol. The van der Waals surface area contributed by atoms with Crippen LogP contribution in [0.3, 0.4) is 0 Å². The molecule has 1 saturated heterocycles. The Labute approximate surface area is 162 Å². The molecule has 1 atom stereocenters. The summed E-state index contributed by atoms with van der Waals surface area (Å²) in [6.07, 6.45) is 1.67.